The Morgan fingerprint density at radius 2 is 1.52 bits per heavy atom. The number of carbonyl (C=O) groups excluding carboxylic acids is 1. The maximum Gasteiger partial charge on any atom is 0.265 e. The van der Waals surface area contributed by atoms with E-state index in [1.165, 1.54) is 36.4 Å². The first kappa shape index (κ1) is 17.1. The Labute approximate surface area is 125 Å². The molecule has 5 nitrogen and oxygen atoms in total. The van der Waals surface area contributed by atoms with Crippen molar-refractivity contribution in [2.45, 2.75) is 4.90 Å². The number of amides is 1. The summed E-state index contributed by atoms with van der Waals surface area (Å²) in [6.07, 6.45) is 0. The van der Waals surface area contributed by atoms with Crippen LogP contribution in [0.3, 0.4) is 0 Å². The molecule has 0 spiro atoms. The van der Waals surface area contributed by atoms with Crippen LogP contribution in [0.25, 0.3) is 0 Å². The Bertz CT molecular complexity index is 730. The maximum absolute atomic E-state index is 12.7. The average molecular weight is 332 g/mol. The van der Waals surface area contributed by atoms with Crippen LogP contribution in [0.1, 0.15) is 10.4 Å². The van der Waals surface area contributed by atoms with E-state index < -0.39 is 21.7 Å². The molecule has 8 heteroatoms. The van der Waals surface area contributed by atoms with Gasteiger partial charge in [-0.25, -0.2) is 17.5 Å². The van der Waals surface area contributed by atoms with Crippen LogP contribution >= 0.6 is 11.6 Å². The van der Waals surface area contributed by atoms with E-state index in [0.29, 0.717) is 5.02 Å². The van der Waals surface area contributed by atoms with Crippen LogP contribution in [0.5, 0.6) is 0 Å². The average Bonchev–Trinajstić information content (AvgIpc) is 2.39. The van der Waals surface area contributed by atoms with Crippen LogP contribution in [0.2, 0.25) is 5.02 Å². The third kappa shape index (κ3) is 4.25. The molecule has 112 valence electrons. The number of rotatable bonds is 3. The predicted molar refractivity (Wildman–Crippen MR) is 76.1 cm³/mol. The van der Waals surface area contributed by atoms with Crippen molar-refractivity contribution in [1.82, 2.24) is 4.72 Å². The van der Waals surface area contributed by atoms with E-state index in [-0.39, 0.29) is 15.9 Å². The van der Waals surface area contributed by atoms with Gasteiger partial charge < -0.3 is 5.48 Å². The minimum Gasteiger partial charge on any atom is -0.412 e. The second-order valence-corrected chi connectivity index (χ2v) is 6.01. The van der Waals surface area contributed by atoms with E-state index in [2.05, 4.69) is 0 Å². The highest BCUT2D eigenvalue weighted by Crippen LogP contribution is 2.14. The summed E-state index contributed by atoms with van der Waals surface area (Å²) in [6, 6.07) is 9.90. The summed E-state index contributed by atoms with van der Waals surface area (Å²) in [6.45, 7) is 0. The fourth-order valence-electron chi connectivity index (χ4n) is 1.45. The highest BCUT2D eigenvalue weighted by atomic mass is 35.5. The van der Waals surface area contributed by atoms with Crippen LogP contribution in [-0.4, -0.2) is 19.8 Å². The lowest BCUT2D eigenvalue weighted by atomic mass is 10.2. The molecule has 0 saturated carbocycles. The van der Waals surface area contributed by atoms with Crippen molar-refractivity contribution in [2.24, 2.45) is 0 Å². The van der Waals surface area contributed by atoms with Crippen LogP contribution in [0.4, 0.5) is 4.39 Å². The molecular weight excluding hydrogens is 321 g/mol. The first-order valence-electron chi connectivity index (χ1n) is 5.47. The van der Waals surface area contributed by atoms with Crippen LogP contribution in [-0.2, 0) is 10.0 Å². The summed E-state index contributed by atoms with van der Waals surface area (Å²) in [5, 5.41) is 0.383. The molecule has 0 aliphatic heterocycles. The summed E-state index contributed by atoms with van der Waals surface area (Å²) in [5.74, 6) is -1.35. The molecule has 2 rings (SSSR count). The first-order valence-corrected chi connectivity index (χ1v) is 7.33. The molecule has 0 aromatic heterocycles. The van der Waals surface area contributed by atoms with Crippen molar-refractivity contribution in [2.75, 3.05) is 0 Å². The Hall–Kier alpha value is -1.96. The monoisotopic (exact) mass is 331 g/mol. The second-order valence-electron chi connectivity index (χ2n) is 3.90. The lowest BCUT2D eigenvalue weighted by Gasteiger charge is -2.07. The van der Waals surface area contributed by atoms with E-state index in [1.807, 2.05) is 4.72 Å². The smallest absolute Gasteiger partial charge is 0.265 e. The topological polar surface area (TPSA) is 94.7 Å². The van der Waals surface area contributed by atoms with Gasteiger partial charge in [0.15, 0.2) is 0 Å². The molecule has 2 aromatic carbocycles. The molecule has 1 amide bonds. The SMILES string of the molecule is O.O=C(NS(=O)(=O)c1ccc(Cl)cc1)c1ccc(F)cc1. The zero-order valence-corrected chi connectivity index (χ0v) is 12.1. The third-order valence-corrected chi connectivity index (χ3v) is 4.06. The molecular formula is C13H11ClFNO4S. The van der Waals surface area contributed by atoms with Crippen molar-refractivity contribution in [3.63, 3.8) is 0 Å². The highest BCUT2D eigenvalue weighted by molar-refractivity contribution is 7.90. The molecule has 0 aliphatic carbocycles. The van der Waals surface area contributed by atoms with Gasteiger partial charge in [0.05, 0.1) is 4.90 Å². The Balaban J connectivity index is 0.00000220. The summed E-state index contributed by atoms with van der Waals surface area (Å²) in [4.78, 5) is 11.7. The number of benzene rings is 2. The molecule has 3 N–H and O–H groups in total. The normalized spacial score (nSPS) is 10.6. The minimum absolute atomic E-state index is 0. The molecule has 2 aromatic rings. The van der Waals surface area contributed by atoms with Crippen LogP contribution < -0.4 is 4.72 Å². The molecule has 0 aliphatic rings. The molecule has 0 atom stereocenters. The van der Waals surface area contributed by atoms with Crippen molar-refractivity contribution >= 4 is 27.5 Å². The highest BCUT2D eigenvalue weighted by Gasteiger charge is 2.18. The van der Waals surface area contributed by atoms with Gasteiger partial charge in [0.1, 0.15) is 5.82 Å². The van der Waals surface area contributed by atoms with Gasteiger partial charge in [0.25, 0.3) is 15.9 Å². The second kappa shape index (κ2) is 6.66. The summed E-state index contributed by atoms with van der Waals surface area (Å²) < 4.78 is 38.5. The van der Waals surface area contributed by atoms with Crippen molar-refractivity contribution in [1.29, 1.82) is 0 Å². The first-order chi connectivity index (χ1) is 9.38. The summed E-state index contributed by atoms with van der Waals surface area (Å²) in [5.41, 5.74) is 0.0453. The zero-order chi connectivity index (χ0) is 14.8. The van der Waals surface area contributed by atoms with E-state index in [9.17, 15) is 17.6 Å². The standard InChI is InChI=1S/C13H9ClFNO3S.H2O/c14-10-3-7-12(8-4-10)20(18,19)16-13(17)9-1-5-11(15)6-2-9;/h1-8H,(H,16,17);1H2. The van der Waals surface area contributed by atoms with Crippen molar-refractivity contribution < 1.29 is 23.1 Å². The van der Waals surface area contributed by atoms with Gasteiger partial charge in [-0.3, -0.25) is 4.79 Å². The largest absolute Gasteiger partial charge is 0.412 e. The van der Waals surface area contributed by atoms with E-state index >= 15 is 0 Å². The maximum atomic E-state index is 12.7. The van der Waals surface area contributed by atoms with E-state index in [1.54, 1.807) is 0 Å². The lowest BCUT2D eigenvalue weighted by Crippen LogP contribution is -2.30. The van der Waals surface area contributed by atoms with Gasteiger partial charge in [0, 0.05) is 10.6 Å². The number of sulfonamides is 1. The van der Waals surface area contributed by atoms with E-state index in [0.717, 1.165) is 12.1 Å². The number of hydrogen-bond acceptors (Lipinski definition) is 3. The van der Waals surface area contributed by atoms with Gasteiger partial charge in [-0.1, -0.05) is 11.6 Å². The van der Waals surface area contributed by atoms with Crippen LogP contribution in [0.15, 0.2) is 53.4 Å². The Kier molecular flexibility index (Phi) is 5.42. The fraction of sp³-hybridized carbons (Fsp3) is 0. The summed E-state index contributed by atoms with van der Waals surface area (Å²) >= 11 is 5.66. The molecule has 0 saturated heterocycles. The predicted octanol–water partition coefficient (Wildman–Crippen LogP) is 1.77. The van der Waals surface area contributed by atoms with Crippen molar-refractivity contribution in [3.8, 4) is 0 Å². The molecule has 0 fully saturated rings. The number of carbonyl (C=O) groups is 1. The zero-order valence-electron chi connectivity index (χ0n) is 10.5. The molecule has 21 heavy (non-hydrogen) atoms. The van der Waals surface area contributed by atoms with Crippen molar-refractivity contribution in [3.05, 3.63) is 64.9 Å². The third-order valence-electron chi connectivity index (χ3n) is 2.46. The fourth-order valence-corrected chi connectivity index (χ4v) is 2.56. The summed E-state index contributed by atoms with van der Waals surface area (Å²) in [7, 11) is -3.99. The van der Waals surface area contributed by atoms with Gasteiger partial charge in [-0.05, 0) is 48.5 Å². The quantitative estimate of drug-likeness (QED) is 0.928. The molecule has 0 bridgehead atoms. The molecule has 0 unspecified atom stereocenters. The lowest BCUT2D eigenvalue weighted by molar-refractivity contribution is 0.0981. The molecule has 0 heterocycles. The minimum atomic E-state index is -3.99. The Morgan fingerprint density at radius 3 is 2.05 bits per heavy atom. The van der Waals surface area contributed by atoms with Gasteiger partial charge in [-0.15, -0.1) is 0 Å². The number of nitrogens with one attached hydrogen (secondary N) is 1. The van der Waals surface area contributed by atoms with Gasteiger partial charge in [-0.2, -0.15) is 0 Å². The van der Waals surface area contributed by atoms with Gasteiger partial charge >= 0.3 is 0 Å². The van der Waals surface area contributed by atoms with E-state index in [4.69, 9.17) is 11.6 Å². The number of halogens is 2. The molecule has 0 radical (unpaired) electrons. The van der Waals surface area contributed by atoms with Crippen LogP contribution in [0, 0.1) is 5.82 Å². The number of hydrogen-bond donors (Lipinski definition) is 1. The Morgan fingerprint density at radius 1 is 1.00 bits per heavy atom. The van der Waals surface area contributed by atoms with Gasteiger partial charge in [0.2, 0.25) is 0 Å².